The quantitative estimate of drug-likeness (QED) is 0.510. The zero-order valence-corrected chi connectivity index (χ0v) is 3.81. The van der Waals surface area contributed by atoms with Gasteiger partial charge in [-0.05, 0) is 12.5 Å². The fraction of sp³-hybridized carbons (Fsp3) is 0.600. The molecule has 0 aromatic carbocycles. The van der Waals surface area contributed by atoms with E-state index >= 15 is 0 Å². The number of hydrogen-bond donors (Lipinski definition) is 1. The first kappa shape index (κ1) is 3.72. The van der Waals surface area contributed by atoms with E-state index in [0.29, 0.717) is 11.7 Å². The largest absolute Gasteiger partial charge is 0.512 e. The molecular formula is C5H8O. The van der Waals surface area contributed by atoms with Crippen molar-refractivity contribution in [1.29, 1.82) is 0 Å². The van der Waals surface area contributed by atoms with Gasteiger partial charge in [0.05, 0.1) is 5.76 Å². The van der Waals surface area contributed by atoms with Gasteiger partial charge < -0.3 is 5.11 Å². The van der Waals surface area contributed by atoms with Crippen molar-refractivity contribution in [2.45, 2.75) is 13.3 Å². The minimum Gasteiger partial charge on any atom is -0.512 e. The third kappa shape index (κ3) is 0.402. The van der Waals surface area contributed by atoms with Crippen LogP contribution in [0.1, 0.15) is 13.3 Å². The van der Waals surface area contributed by atoms with Gasteiger partial charge in [-0.15, -0.1) is 0 Å². The molecule has 34 valence electrons. The van der Waals surface area contributed by atoms with Gasteiger partial charge in [0, 0.05) is 5.92 Å². The van der Waals surface area contributed by atoms with Gasteiger partial charge in [-0.25, -0.2) is 0 Å². The number of hydrogen-bond acceptors (Lipinski definition) is 1. The van der Waals surface area contributed by atoms with E-state index in [1.807, 2.05) is 6.08 Å². The zero-order chi connectivity index (χ0) is 4.57. The number of aliphatic hydroxyl groups excluding tert-OH is 1. The molecule has 0 spiro atoms. The molecule has 0 saturated carbocycles. The highest BCUT2D eigenvalue weighted by Gasteiger charge is 2.20. The van der Waals surface area contributed by atoms with Crippen LogP contribution in [0.5, 0.6) is 0 Å². The van der Waals surface area contributed by atoms with E-state index in [9.17, 15) is 0 Å². The van der Waals surface area contributed by atoms with E-state index < -0.39 is 0 Å². The molecule has 1 nitrogen and oxygen atoms in total. The highest BCUT2D eigenvalue weighted by atomic mass is 16.3. The Hall–Kier alpha value is -0.460. The van der Waals surface area contributed by atoms with Crippen LogP contribution in [0.2, 0.25) is 0 Å². The SMILES string of the molecule is CC[C@H]1C=C1O. The van der Waals surface area contributed by atoms with E-state index in [2.05, 4.69) is 6.92 Å². The molecule has 0 aromatic rings. The average Bonchev–Trinajstić information content (AvgIpc) is 2.19. The van der Waals surface area contributed by atoms with Gasteiger partial charge >= 0.3 is 0 Å². The molecule has 1 atom stereocenters. The molecule has 0 fully saturated rings. The topological polar surface area (TPSA) is 20.2 Å². The summed E-state index contributed by atoms with van der Waals surface area (Å²) < 4.78 is 0. The maximum absolute atomic E-state index is 8.49. The highest BCUT2D eigenvalue weighted by molar-refractivity contribution is 5.20. The Morgan fingerprint density at radius 2 is 2.50 bits per heavy atom. The molecular weight excluding hydrogens is 76.1 g/mol. The first-order chi connectivity index (χ1) is 2.84. The minimum atomic E-state index is 0.449. The van der Waals surface area contributed by atoms with Gasteiger partial charge in [-0.1, -0.05) is 6.92 Å². The normalized spacial score (nSPS) is 29.5. The van der Waals surface area contributed by atoms with Crippen molar-refractivity contribution in [2.75, 3.05) is 0 Å². The lowest BCUT2D eigenvalue weighted by molar-refractivity contribution is 0.407. The molecule has 0 bridgehead atoms. The summed E-state index contributed by atoms with van der Waals surface area (Å²) in [7, 11) is 0. The summed E-state index contributed by atoms with van der Waals surface area (Å²) >= 11 is 0. The van der Waals surface area contributed by atoms with Crippen LogP contribution in [-0.2, 0) is 0 Å². The third-order valence-corrected chi connectivity index (χ3v) is 1.08. The second-order valence-electron chi connectivity index (χ2n) is 1.61. The second kappa shape index (κ2) is 1.00. The van der Waals surface area contributed by atoms with Crippen LogP contribution in [-0.4, -0.2) is 5.11 Å². The molecule has 0 amide bonds. The summed E-state index contributed by atoms with van der Waals surface area (Å²) in [5.74, 6) is 1.03. The lowest BCUT2D eigenvalue weighted by Crippen LogP contribution is -1.72. The van der Waals surface area contributed by atoms with Crippen LogP contribution in [0.4, 0.5) is 0 Å². The minimum absolute atomic E-state index is 0.449. The number of rotatable bonds is 1. The molecule has 0 radical (unpaired) electrons. The van der Waals surface area contributed by atoms with Crippen LogP contribution < -0.4 is 0 Å². The lowest BCUT2D eigenvalue weighted by Gasteiger charge is -1.80. The Morgan fingerprint density at radius 3 is 2.50 bits per heavy atom. The number of aliphatic hydroxyl groups is 1. The summed E-state index contributed by atoms with van der Waals surface area (Å²) in [6.07, 6.45) is 2.92. The smallest absolute Gasteiger partial charge is 0.0959 e. The maximum Gasteiger partial charge on any atom is 0.0959 e. The Balaban J connectivity index is 2.18. The summed E-state index contributed by atoms with van der Waals surface area (Å²) in [5, 5.41) is 8.49. The Bertz CT molecular complexity index is 83.9. The van der Waals surface area contributed by atoms with Gasteiger partial charge in [0.15, 0.2) is 0 Å². The van der Waals surface area contributed by atoms with Crippen molar-refractivity contribution >= 4 is 0 Å². The van der Waals surface area contributed by atoms with E-state index in [1.54, 1.807) is 0 Å². The molecule has 1 N–H and O–H groups in total. The van der Waals surface area contributed by atoms with Crippen LogP contribution in [0.25, 0.3) is 0 Å². The maximum atomic E-state index is 8.49. The fourth-order valence-corrected chi connectivity index (χ4v) is 0.485. The molecule has 0 saturated heterocycles. The van der Waals surface area contributed by atoms with E-state index in [-0.39, 0.29) is 0 Å². The Labute approximate surface area is 37.3 Å². The molecule has 0 aromatic heterocycles. The molecule has 1 rings (SSSR count). The molecule has 1 aliphatic carbocycles. The molecule has 0 heterocycles. The molecule has 6 heavy (non-hydrogen) atoms. The third-order valence-electron chi connectivity index (χ3n) is 1.08. The van der Waals surface area contributed by atoms with Crippen molar-refractivity contribution in [3.8, 4) is 0 Å². The van der Waals surface area contributed by atoms with Crippen LogP contribution in [0, 0.1) is 5.92 Å². The first-order valence-corrected chi connectivity index (χ1v) is 2.25. The van der Waals surface area contributed by atoms with Gasteiger partial charge in [-0.2, -0.15) is 0 Å². The van der Waals surface area contributed by atoms with E-state index in [4.69, 9.17) is 5.11 Å². The second-order valence-corrected chi connectivity index (χ2v) is 1.61. The van der Waals surface area contributed by atoms with Gasteiger partial charge in [0.25, 0.3) is 0 Å². The van der Waals surface area contributed by atoms with Crippen molar-refractivity contribution in [2.24, 2.45) is 5.92 Å². The van der Waals surface area contributed by atoms with Crippen molar-refractivity contribution in [3.05, 3.63) is 11.8 Å². The van der Waals surface area contributed by atoms with Crippen LogP contribution >= 0.6 is 0 Å². The monoisotopic (exact) mass is 84.1 g/mol. The fourth-order valence-electron chi connectivity index (χ4n) is 0.485. The molecule has 0 unspecified atom stereocenters. The Morgan fingerprint density at radius 1 is 2.00 bits per heavy atom. The van der Waals surface area contributed by atoms with Crippen molar-refractivity contribution in [1.82, 2.24) is 0 Å². The van der Waals surface area contributed by atoms with Gasteiger partial charge in [-0.3, -0.25) is 0 Å². The zero-order valence-electron chi connectivity index (χ0n) is 3.81. The average molecular weight is 84.1 g/mol. The number of allylic oxidation sites excluding steroid dienone is 2. The van der Waals surface area contributed by atoms with Crippen molar-refractivity contribution in [3.63, 3.8) is 0 Å². The van der Waals surface area contributed by atoms with E-state index in [0.717, 1.165) is 6.42 Å². The first-order valence-electron chi connectivity index (χ1n) is 2.25. The summed E-state index contributed by atoms with van der Waals surface area (Å²) in [6, 6.07) is 0. The molecule has 1 heteroatoms. The highest BCUT2D eigenvalue weighted by Crippen LogP contribution is 2.27. The van der Waals surface area contributed by atoms with Crippen LogP contribution in [0.15, 0.2) is 11.8 Å². The van der Waals surface area contributed by atoms with Gasteiger partial charge in [0.1, 0.15) is 0 Å². The standard InChI is InChI=1S/C5H8O/c1-2-4-3-5(4)6/h3-4,6H,2H2,1H3/t4-/m0/s1. The lowest BCUT2D eigenvalue weighted by atomic mass is 10.3. The van der Waals surface area contributed by atoms with Crippen LogP contribution in [0.3, 0.4) is 0 Å². The molecule has 0 aliphatic heterocycles. The predicted octanol–water partition coefficient (Wildman–Crippen LogP) is 1.47. The summed E-state index contributed by atoms with van der Waals surface area (Å²) in [4.78, 5) is 0. The summed E-state index contributed by atoms with van der Waals surface area (Å²) in [5.41, 5.74) is 0. The Kier molecular flexibility index (Phi) is 0.621. The molecule has 1 aliphatic rings. The summed E-state index contributed by atoms with van der Waals surface area (Å²) in [6.45, 7) is 2.06. The van der Waals surface area contributed by atoms with Crippen molar-refractivity contribution < 1.29 is 5.11 Å². The van der Waals surface area contributed by atoms with E-state index in [1.165, 1.54) is 0 Å². The van der Waals surface area contributed by atoms with Gasteiger partial charge in [0.2, 0.25) is 0 Å². The predicted molar refractivity (Wildman–Crippen MR) is 24.5 cm³/mol.